The maximum atomic E-state index is 12.3. The lowest BCUT2D eigenvalue weighted by Crippen LogP contribution is -2.47. The predicted molar refractivity (Wildman–Crippen MR) is 80.1 cm³/mol. The first-order valence-electron chi connectivity index (χ1n) is 6.96. The van der Waals surface area contributed by atoms with E-state index < -0.39 is 20.6 Å². The Morgan fingerprint density at radius 3 is 2.64 bits per heavy atom. The number of nitro benzene ring substituents is 1. The number of sulfonamides is 1. The first kappa shape index (κ1) is 16.8. The lowest BCUT2D eigenvalue weighted by atomic mass is 10.2. The van der Waals surface area contributed by atoms with Crippen LogP contribution in [-0.4, -0.2) is 57.1 Å². The fourth-order valence-electron chi connectivity index (χ4n) is 2.29. The van der Waals surface area contributed by atoms with E-state index in [0.717, 1.165) is 13.1 Å². The molecule has 0 saturated carbocycles. The molecule has 1 aromatic carbocycles. The maximum Gasteiger partial charge on any atom is 0.289 e. The average molecular weight is 329 g/mol. The normalized spacial score (nSPS) is 18.0. The Hall–Kier alpha value is -1.55. The summed E-state index contributed by atoms with van der Waals surface area (Å²) in [6, 6.07) is 5.31. The van der Waals surface area contributed by atoms with Crippen LogP contribution < -0.4 is 4.72 Å². The van der Waals surface area contributed by atoms with Gasteiger partial charge in [0.05, 0.1) is 18.1 Å². The Bertz CT molecular complexity index is 628. The van der Waals surface area contributed by atoms with Crippen molar-refractivity contribution in [3.8, 4) is 0 Å². The second-order valence-electron chi connectivity index (χ2n) is 5.07. The summed E-state index contributed by atoms with van der Waals surface area (Å²) < 4.78 is 32.3. The Kier molecular flexibility index (Phi) is 5.46. The number of ether oxygens (including phenoxy) is 1. The molecule has 0 aromatic heterocycles. The number of nitrogens with one attached hydrogen (secondary N) is 1. The fourth-order valence-corrected chi connectivity index (χ4v) is 3.58. The van der Waals surface area contributed by atoms with Crippen LogP contribution in [0.4, 0.5) is 5.69 Å². The number of rotatable bonds is 6. The van der Waals surface area contributed by atoms with Gasteiger partial charge in [-0.25, -0.2) is 13.1 Å². The van der Waals surface area contributed by atoms with Crippen molar-refractivity contribution in [1.29, 1.82) is 0 Å². The largest absolute Gasteiger partial charge is 0.379 e. The minimum Gasteiger partial charge on any atom is -0.379 e. The van der Waals surface area contributed by atoms with Crippen molar-refractivity contribution in [2.45, 2.75) is 17.9 Å². The van der Waals surface area contributed by atoms with E-state index >= 15 is 0 Å². The molecule has 1 N–H and O–H groups in total. The molecule has 1 aliphatic rings. The van der Waals surface area contributed by atoms with Crippen LogP contribution in [-0.2, 0) is 14.8 Å². The highest BCUT2D eigenvalue weighted by atomic mass is 32.2. The number of hydrogen-bond donors (Lipinski definition) is 1. The van der Waals surface area contributed by atoms with Crippen molar-refractivity contribution in [3.05, 3.63) is 34.4 Å². The summed E-state index contributed by atoms with van der Waals surface area (Å²) in [5, 5.41) is 10.9. The van der Waals surface area contributed by atoms with Crippen LogP contribution in [0.2, 0.25) is 0 Å². The van der Waals surface area contributed by atoms with Crippen molar-refractivity contribution in [1.82, 2.24) is 9.62 Å². The van der Waals surface area contributed by atoms with Gasteiger partial charge in [0, 0.05) is 31.7 Å². The van der Waals surface area contributed by atoms with Crippen molar-refractivity contribution in [2.24, 2.45) is 0 Å². The molecule has 1 saturated heterocycles. The lowest BCUT2D eigenvalue weighted by molar-refractivity contribution is -0.387. The topological polar surface area (TPSA) is 102 Å². The monoisotopic (exact) mass is 329 g/mol. The molecule has 0 radical (unpaired) electrons. The van der Waals surface area contributed by atoms with E-state index in [1.807, 2.05) is 6.92 Å². The van der Waals surface area contributed by atoms with Crippen molar-refractivity contribution >= 4 is 15.7 Å². The van der Waals surface area contributed by atoms with Gasteiger partial charge in [0.25, 0.3) is 5.69 Å². The van der Waals surface area contributed by atoms with Crippen LogP contribution in [0.5, 0.6) is 0 Å². The second-order valence-corrected chi connectivity index (χ2v) is 6.81. The number of benzene rings is 1. The van der Waals surface area contributed by atoms with Gasteiger partial charge in [-0.05, 0) is 13.0 Å². The molecule has 1 atom stereocenters. The zero-order chi connectivity index (χ0) is 16.2. The zero-order valence-electron chi connectivity index (χ0n) is 12.3. The van der Waals surface area contributed by atoms with Gasteiger partial charge in [-0.3, -0.25) is 15.0 Å². The molecular weight excluding hydrogens is 310 g/mol. The van der Waals surface area contributed by atoms with E-state index in [1.54, 1.807) is 0 Å². The van der Waals surface area contributed by atoms with Crippen LogP contribution in [0.15, 0.2) is 29.2 Å². The number of hydrogen-bond acceptors (Lipinski definition) is 6. The van der Waals surface area contributed by atoms with Gasteiger partial charge in [0.15, 0.2) is 4.90 Å². The van der Waals surface area contributed by atoms with E-state index in [1.165, 1.54) is 24.3 Å². The fraction of sp³-hybridized carbons (Fsp3) is 0.538. The lowest BCUT2D eigenvalue weighted by Gasteiger charge is -2.32. The van der Waals surface area contributed by atoms with E-state index in [0.29, 0.717) is 13.2 Å². The van der Waals surface area contributed by atoms with Gasteiger partial charge >= 0.3 is 0 Å². The van der Waals surface area contributed by atoms with Crippen molar-refractivity contribution < 1.29 is 18.1 Å². The smallest absolute Gasteiger partial charge is 0.289 e. The van der Waals surface area contributed by atoms with Crippen LogP contribution in [0, 0.1) is 10.1 Å². The highest BCUT2D eigenvalue weighted by molar-refractivity contribution is 7.89. The van der Waals surface area contributed by atoms with Crippen LogP contribution in [0.1, 0.15) is 6.92 Å². The van der Waals surface area contributed by atoms with Gasteiger partial charge in [-0.1, -0.05) is 12.1 Å². The number of nitro groups is 1. The van der Waals surface area contributed by atoms with E-state index in [9.17, 15) is 18.5 Å². The highest BCUT2D eigenvalue weighted by Crippen LogP contribution is 2.22. The molecule has 2 rings (SSSR count). The first-order valence-corrected chi connectivity index (χ1v) is 8.45. The first-order chi connectivity index (χ1) is 10.4. The molecule has 1 fully saturated rings. The molecule has 1 heterocycles. The number of para-hydroxylation sites is 1. The van der Waals surface area contributed by atoms with Gasteiger partial charge in [0.1, 0.15) is 0 Å². The third kappa shape index (κ3) is 4.01. The molecule has 122 valence electrons. The Labute approximate surface area is 129 Å². The number of morpholine rings is 1. The summed E-state index contributed by atoms with van der Waals surface area (Å²) in [7, 11) is -3.92. The van der Waals surface area contributed by atoms with E-state index in [-0.39, 0.29) is 17.5 Å². The summed E-state index contributed by atoms with van der Waals surface area (Å²) in [6.07, 6.45) is 0. The maximum absolute atomic E-state index is 12.3. The molecule has 0 spiro atoms. The Morgan fingerprint density at radius 2 is 2.00 bits per heavy atom. The summed E-state index contributed by atoms with van der Waals surface area (Å²) in [5.74, 6) is 0. The Morgan fingerprint density at radius 1 is 1.36 bits per heavy atom. The standard InChI is InChI=1S/C13H19N3O5S/c1-11(15-6-8-21-9-7-15)10-14-22(19,20)13-5-3-2-4-12(13)16(17)18/h2-5,11,14H,6-10H2,1H3/t11-/m1/s1. The Balaban J connectivity index is 2.06. The summed E-state index contributed by atoms with van der Waals surface area (Å²) in [6.45, 7) is 4.84. The van der Waals surface area contributed by atoms with Gasteiger partial charge in [-0.15, -0.1) is 0 Å². The third-order valence-corrected chi connectivity index (χ3v) is 5.06. The summed E-state index contributed by atoms with van der Waals surface area (Å²) >= 11 is 0. The third-order valence-electron chi connectivity index (χ3n) is 3.59. The average Bonchev–Trinajstić information content (AvgIpc) is 2.53. The summed E-state index contributed by atoms with van der Waals surface area (Å²) in [4.78, 5) is 12.1. The molecule has 1 aliphatic heterocycles. The molecule has 8 nitrogen and oxygen atoms in total. The number of nitrogens with zero attached hydrogens (tertiary/aromatic N) is 2. The minimum atomic E-state index is -3.92. The molecule has 22 heavy (non-hydrogen) atoms. The van der Waals surface area contributed by atoms with Crippen molar-refractivity contribution in [2.75, 3.05) is 32.8 Å². The van der Waals surface area contributed by atoms with Crippen LogP contribution in [0.25, 0.3) is 0 Å². The molecule has 9 heteroatoms. The molecule has 1 aromatic rings. The minimum absolute atomic E-state index is 0.0126. The van der Waals surface area contributed by atoms with Gasteiger partial charge in [-0.2, -0.15) is 0 Å². The molecule has 0 bridgehead atoms. The van der Waals surface area contributed by atoms with E-state index in [4.69, 9.17) is 4.74 Å². The zero-order valence-corrected chi connectivity index (χ0v) is 13.1. The molecular formula is C13H19N3O5S. The van der Waals surface area contributed by atoms with E-state index in [2.05, 4.69) is 9.62 Å². The molecule has 0 aliphatic carbocycles. The van der Waals surface area contributed by atoms with Crippen LogP contribution >= 0.6 is 0 Å². The molecule has 0 unspecified atom stereocenters. The quantitative estimate of drug-likeness (QED) is 0.605. The SMILES string of the molecule is C[C@H](CNS(=O)(=O)c1ccccc1[N+](=O)[O-])N1CCOCC1. The summed E-state index contributed by atoms with van der Waals surface area (Å²) in [5.41, 5.74) is -0.422. The second kappa shape index (κ2) is 7.14. The van der Waals surface area contributed by atoms with Gasteiger partial charge < -0.3 is 4.74 Å². The van der Waals surface area contributed by atoms with Crippen LogP contribution in [0.3, 0.4) is 0 Å². The van der Waals surface area contributed by atoms with Gasteiger partial charge in [0.2, 0.25) is 10.0 Å². The molecule has 0 amide bonds. The predicted octanol–water partition coefficient (Wildman–Crippen LogP) is 0.594. The van der Waals surface area contributed by atoms with Crippen molar-refractivity contribution in [3.63, 3.8) is 0 Å². The highest BCUT2D eigenvalue weighted by Gasteiger charge is 2.26.